The van der Waals surface area contributed by atoms with Crippen molar-refractivity contribution in [3.63, 3.8) is 0 Å². The zero-order chi connectivity index (χ0) is 12.9. The molecule has 0 bridgehead atoms. The summed E-state index contributed by atoms with van der Waals surface area (Å²) in [4.78, 5) is 3.96. The van der Waals surface area contributed by atoms with Crippen molar-refractivity contribution in [3.8, 4) is 5.75 Å². The number of rotatable bonds is 1. The number of halogens is 3. The Morgan fingerprint density at radius 1 is 1.28 bits per heavy atom. The molecule has 1 aliphatic rings. The van der Waals surface area contributed by atoms with E-state index in [0.717, 1.165) is 25.3 Å². The molecule has 96 valence electrons. The normalized spacial score (nSPS) is 17.1. The third-order valence-corrected chi connectivity index (χ3v) is 3.43. The van der Waals surface area contributed by atoms with Gasteiger partial charge < -0.3 is 9.67 Å². The van der Waals surface area contributed by atoms with Crippen LogP contribution in [0, 0.1) is 0 Å². The van der Waals surface area contributed by atoms with Crippen molar-refractivity contribution in [2.24, 2.45) is 0 Å². The van der Waals surface area contributed by atoms with Crippen molar-refractivity contribution in [2.75, 3.05) is 0 Å². The molecule has 3 rings (SSSR count). The van der Waals surface area contributed by atoms with Crippen LogP contribution in [0.3, 0.4) is 0 Å². The van der Waals surface area contributed by atoms with Crippen LogP contribution in [0.4, 0.5) is 13.2 Å². The fraction of sp³-hybridized carbons (Fsp3) is 0.417. The lowest BCUT2D eigenvalue weighted by Gasteiger charge is -2.28. The highest BCUT2D eigenvalue weighted by Crippen LogP contribution is 2.40. The van der Waals surface area contributed by atoms with Gasteiger partial charge in [0.05, 0.1) is 22.9 Å². The minimum Gasteiger partial charge on any atom is -0.508 e. The summed E-state index contributed by atoms with van der Waals surface area (Å²) in [5, 5.41) is 9.34. The molecule has 3 nitrogen and oxygen atoms in total. The second-order valence-electron chi connectivity index (χ2n) is 4.60. The highest BCUT2D eigenvalue weighted by molar-refractivity contribution is 5.81. The Labute approximate surface area is 101 Å². The third-order valence-electron chi connectivity index (χ3n) is 3.43. The van der Waals surface area contributed by atoms with Gasteiger partial charge >= 0.3 is 6.18 Å². The number of hydrogen-bond acceptors (Lipinski definition) is 2. The maximum atomic E-state index is 13.0. The van der Waals surface area contributed by atoms with E-state index < -0.39 is 17.5 Å². The topological polar surface area (TPSA) is 38.1 Å². The number of alkyl halides is 3. The molecule has 1 heterocycles. The number of imidazole rings is 1. The minimum atomic E-state index is -4.49. The summed E-state index contributed by atoms with van der Waals surface area (Å²) in [5.41, 5.74) is -0.555. The van der Waals surface area contributed by atoms with Gasteiger partial charge in [-0.2, -0.15) is 13.2 Å². The van der Waals surface area contributed by atoms with E-state index in [4.69, 9.17) is 0 Å². The minimum absolute atomic E-state index is 0.0741. The third kappa shape index (κ3) is 1.63. The number of aromatic hydroxyl groups is 1. The molecule has 0 spiro atoms. The van der Waals surface area contributed by atoms with Gasteiger partial charge in [-0.05, 0) is 25.3 Å². The van der Waals surface area contributed by atoms with Crippen molar-refractivity contribution >= 4 is 11.0 Å². The number of nitrogens with zero attached hydrogens (tertiary/aromatic N) is 2. The molecule has 0 radical (unpaired) electrons. The predicted octanol–water partition coefficient (Wildman–Crippen LogP) is 3.49. The Balaban J connectivity index is 2.27. The van der Waals surface area contributed by atoms with Crippen molar-refractivity contribution in [2.45, 2.75) is 31.5 Å². The van der Waals surface area contributed by atoms with Crippen LogP contribution >= 0.6 is 0 Å². The van der Waals surface area contributed by atoms with E-state index in [9.17, 15) is 18.3 Å². The Bertz CT molecular complexity index is 599. The lowest BCUT2D eigenvalue weighted by Crippen LogP contribution is -2.18. The van der Waals surface area contributed by atoms with Crippen LogP contribution in [0.25, 0.3) is 11.0 Å². The molecule has 1 aromatic heterocycles. The largest absolute Gasteiger partial charge is 0.508 e. The zero-order valence-electron chi connectivity index (χ0n) is 9.41. The van der Waals surface area contributed by atoms with Gasteiger partial charge in [-0.25, -0.2) is 4.98 Å². The van der Waals surface area contributed by atoms with Gasteiger partial charge in [0.15, 0.2) is 0 Å². The van der Waals surface area contributed by atoms with Gasteiger partial charge in [0, 0.05) is 12.1 Å². The van der Waals surface area contributed by atoms with E-state index in [0.29, 0.717) is 0 Å². The molecule has 2 aromatic rings. The summed E-state index contributed by atoms with van der Waals surface area (Å²) in [7, 11) is 0. The average molecular weight is 256 g/mol. The van der Waals surface area contributed by atoms with Gasteiger partial charge in [-0.3, -0.25) is 0 Å². The second-order valence-corrected chi connectivity index (χ2v) is 4.60. The molecule has 1 aromatic carbocycles. The molecular formula is C12H11F3N2O. The molecule has 1 saturated carbocycles. The predicted molar refractivity (Wildman–Crippen MR) is 59.3 cm³/mol. The van der Waals surface area contributed by atoms with Crippen LogP contribution in [-0.2, 0) is 6.18 Å². The fourth-order valence-electron chi connectivity index (χ4n) is 2.31. The number of phenols is 1. The summed E-state index contributed by atoms with van der Waals surface area (Å²) in [6, 6.07) is 2.12. The molecule has 1 N–H and O–H groups in total. The first-order chi connectivity index (χ1) is 8.47. The fourth-order valence-corrected chi connectivity index (χ4v) is 2.31. The van der Waals surface area contributed by atoms with Crippen LogP contribution in [0.5, 0.6) is 5.75 Å². The van der Waals surface area contributed by atoms with Crippen LogP contribution in [0.1, 0.15) is 30.9 Å². The van der Waals surface area contributed by atoms with Gasteiger partial charge in [0.1, 0.15) is 5.75 Å². The number of hydrogen-bond donors (Lipinski definition) is 1. The molecular weight excluding hydrogens is 245 g/mol. The maximum Gasteiger partial charge on any atom is 0.418 e. The Hall–Kier alpha value is -1.72. The van der Waals surface area contributed by atoms with E-state index in [1.165, 1.54) is 12.4 Å². The summed E-state index contributed by atoms with van der Waals surface area (Å²) >= 11 is 0. The van der Waals surface area contributed by atoms with Crippen LogP contribution in [-0.4, -0.2) is 14.7 Å². The molecule has 0 saturated heterocycles. The zero-order valence-corrected chi connectivity index (χ0v) is 9.41. The highest BCUT2D eigenvalue weighted by atomic mass is 19.4. The van der Waals surface area contributed by atoms with E-state index >= 15 is 0 Å². The lowest BCUT2D eigenvalue weighted by atomic mass is 9.92. The monoisotopic (exact) mass is 256 g/mol. The van der Waals surface area contributed by atoms with Crippen molar-refractivity contribution in [1.29, 1.82) is 0 Å². The van der Waals surface area contributed by atoms with E-state index in [1.807, 2.05) is 0 Å². The second kappa shape index (κ2) is 3.63. The van der Waals surface area contributed by atoms with Crippen molar-refractivity contribution < 1.29 is 18.3 Å². The van der Waals surface area contributed by atoms with Crippen molar-refractivity contribution in [3.05, 3.63) is 24.0 Å². The molecule has 6 heteroatoms. The smallest absolute Gasteiger partial charge is 0.418 e. The first-order valence-electron chi connectivity index (χ1n) is 5.73. The average Bonchev–Trinajstić information content (AvgIpc) is 2.56. The Kier molecular flexibility index (Phi) is 2.30. The standard InChI is InChI=1S/C12H11F3N2O/c13-12(14,15)9-4-8(18)5-10-11(9)17(6-16-10)7-2-1-3-7/h4-7,18H,1-3H2. The summed E-state index contributed by atoms with van der Waals surface area (Å²) in [6.07, 6.45) is -0.265. The molecule has 0 atom stereocenters. The van der Waals surface area contributed by atoms with Gasteiger partial charge in [0.2, 0.25) is 0 Å². The SMILES string of the molecule is Oc1cc(C(F)(F)F)c2c(c1)ncn2C1CCC1. The number of benzene rings is 1. The number of phenolic OH excluding ortho intramolecular Hbond substituents is 1. The molecule has 0 unspecified atom stereocenters. The first-order valence-corrected chi connectivity index (χ1v) is 5.73. The summed E-state index contributed by atoms with van der Waals surface area (Å²) in [5.74, 6) is -0.409. The summed E-state index contributed by atoms with van der Waals surface area (Å²) in [6.45, 7) is 0. The van der Waals surface area contributed by atoms with Crippen LogP contribution in [0.2, 0.25) is 0 Å². The van der Waals surface area contributed by atoms with Gasteiger partial charge in [-0.15, -0.1) is 0 Å². The van der Waals surface area contributed by atoms with Gasteiger partial charge in [-0.1, -0.05) is 0 Å². The number of fused-ring (bicyclic) bond motifs is 1. The van der Waals surface area contributed by atoms with Crippen LogP contribution < -0.4 is 0 Å². The first kappa shape index (κ1) is 11.4. The lowest BCUT2D eigenvalue weighted by molar-refractivity contribution is -0.136. The van der Waals surface area contributed by atoms with E-state index in [1.54, 1.807) is 4.57 Å². The summed E-state index contributed by atoms with van der Waals surface area (Å²) < 4.78 is 40.6. The molecule has 1 fully saturated rings. The quantitative estimate of drug-likeness (QED) is 0.848. The maximum absolute atomic E-state index is 13.0. The van der Waals surface area contributed by atoms with E-state index in [-0.39, 0.29) is 17.1 Å². The molecule has 18 heavy (non-hydrogen) atoms. The highest BCUT2D eigenvalue weighted by Gasteiger charge is 2.36. The Morgan fingerprint density at radius 2 is 2.00 bits per heavy atom. The Morgan fingerprint density at radius 3 is 2.56 bits per heavy atom. The van der Waals surface area contributed by atoms with E-state index in [2.05, 4.69) is 4.98 Å². The molecule has 1 aliphatic carbocycles. The molecule has 0 aliphatic heterocycles. The molecule has 0 amide bonds. The number of aromatic nitrogens is 2. The van der Waals surface area contributed by atoms with Gasteiger partial charge in [0.25, 0.3) is 0 Å². The van der Waals surface area contributed by atoms with Crippen molar-refractivity contribution in [1.82, 2.24) is 9.55 Å². The van der Waals surface area contributed by atoms with Crippen LogP contribution in [0.15, 0.2) is 18.5 Å².